The minimum atomic E-state index is -0.906. The van der Waals surface area contributed by atoms with E-state index in [9.17, 15) is 19.5 Å². The highest BCUT2D eigenvalue weighted by Crippen LogP contribution is 2.40. The number of amides is 2. The Hall–Kier alpha value is -1.59. The number of likely N-dealkylation sites (tertiary alicyclic amines) is 1. The van der Waals surface area contributed by atoms with E-state index in [0.717, 1.165) is 19.3 Å². The molecule has 3 N–H and O–H groups in total. The molecule has 21 heavy (non-hydrogen) atoms. The third-order valence-corrected chi connectivity index (χ3v) is 4.99. The van der Waals surface area contributed by atoms with Crippen LogP contribution in [0.5, 0.6) is 0 Å². The minimum Gasteiger partial charge on any atom is -0.481 e. The van der Waals surface area contributed by atoms with Gasteiger partial charge < -0.3 is 15.7 Å². The zero-order valence-corrected chi connectivity index (χ0v) is 12.5. The van der Waals surface area contributed by atoms with Crippen molar-refractivity contribution in [1.29, 1.82) is 0 Å². The van der Waals surface area contributed by atoms with E-state index in [1.54, 1.807) is 0 Å². The summed E-state index contributed by atoms with van der Waals surface area (Å²) in [4.78, 5) is 37.2. The van der Waals surface area contributed by atoms with Crippen LogP contribution in [0.2, 0.25) is 0 Å². The van der Waals surface area contributed by atoms with Crippen LogP contribution in [-0.2, 0) is 14.4 Å². The van der Waals surface area contributed by atoms with Crippen molar-refractivity contribution in [2.24, 2.45) is 23.5 Å². The molecule has 2 amide bonds. The van der Waals surface area contributed by atoms with Crippen LogP contribution in [0.3, 0.4) is 0 Å². The first kappa shape index (κ1) is 15.8. The molecule has 1 saturated heterocycles. The van der Waals surface area contributed by atoms with Gasteiger partial charge in [0.05, 0.1) is 11.8 Å². The van der Waals surface area contributed by atoms with Crippen molar-refractivity contribution >= 4 is 17.8 Å². The third-order valence-electron chi connectivity index (χ3n) is 4.99. The molecule has 118 valence electrons. The molecule has 0 aromatic carbocycles. The van der Waals surface area contributed by atoms with Crippen LogP contribution in [-0.4, -0.2) is 40.4 Å². The predicted octanol–water partition coefficient (Wildman–Crippen LogP) is 0.990. The molecule has 0 bridgehead atoms. The van der Waals surface area contributed by atoms with Crippen LogP contribution < -0.4 is 5.73 Å². The van der Waals surface area contributed by atoms with Crippen LogP contribution in [0.25, 0.3) is 0 Å². The Bertz CT molecular complexity index is 437. The molecule has 6 nitrogen and oxygen atoms in total. The van der Waals surface area contributed by atoms with Crippen LogP contribution in [0.1, 0.15) is 45.4 Å². The van der Waals surface area contributed by atoms with Crippen LogP contribution in [0, 0.1) is 17.8 Å². The summed E-state index contributed by atoms with van der Waals surface area (Å²) in [5.41, 5.74) is 5.39. The highest BCUT2D eigenvalue weighted by atomic mass is 16.4. The number of hydrogen-bond donors (Lipinski definition) is 2. The number of piperidine rings is 1. The number of nitrogens with two attached hydrogens (primary N) is 1. The van der Waals surface area contributed by atoms with E-state index in [1.165, 1.54) is 4.90 Å². The zero-order valence-electron chi connectivity index (χ0n) is 12.5. The molecule has 1 saturated carbocycles. The van der Waals surface area contributed by atoms with Gasteiger partial charge in [-0.2, -0.15) is 0 Å². The summed E-state index contributed by atoms with van der Waals surface area (Å²) in [6.07, 6.45) is 4.35. The van der Waals surface area contributed by atoms with Gasteiger partial charge in [-0.3, -0.25) is 14.4 Å². The van der Waals surface area contributed by atoms with Gasteiger partial charge in [0, 0.05) is 6.54 Å². The third kappa shape index (κ3) is 3.19. The van der Waals surface area contributed by atoms with Crippen molar-refractivity contribution in [3.8, 4) is 0 Å². The van der Waals surface area contributed by atoms with Gasteiger partial charge in [-0.15, -0.1) is 0 Å². The second-order valence-electron chi connectivity index (χ2n) is 6.24. The van der Waals surface area contributed by atoms with Gasteiger partial charge in [0.1, 0.15) is 6.04 Å². The van der Waals surface area contributed by atoms with Gasteiger partial charge in [-0.1, -0.05) is 13.3 Å². The van der Waals surface area contributed by atoms with Gasteiger partial charge in [-0.25, -0.2) is 0 Å². The molecular formula is C15H24N2O4. The van der Waals surface area contributed by atoms with Gasteiger partial charge in [0.2, 0.25) is 11.8 Å². The van der Waals surface area contributed by atoms with Crippen molar-refractivity contribution in [2.45, 2.75) is 51.5 Å². The van der Waals surface area contributed by atoms with Crippen molar-refractivity contribution < 1.29 is 19.5 Å². The summed E-state index contributed by atoms with van der Waals surface area (Å²) in [6, 6.07) is -0.568. The molecule has 0 radical (unpaired) electrons. The largest absolute Gasteiger partial charge is 0.481 e. The molecule has 2 unspecified atom stereocenters. The Labute approximate surface area is 124 Å². The van der Waals surface area contributed by atoms with Crippen molar-refractivity contribution in [3.63, 3.8) is 0 Å². The molecular weight excluding hydrogens is 272 g/mol. The number of primary amides is 1. The fourth-order valence-electron chi connectivity index (χ4n) is 3.73. The highest BCUT2D eigenvalue weighted by Gasteiger charge is 2.45. The van der Waals surface area contributed by atoms with Gasteiger partial charge in [0.25, 0.3) is 0 Å². The number of aliphatic carboxylic acids is 1. The maximum atomic E-state index is 12.7. The molecule has 2 rings (SSSR count). The fourth-order valence-corrected chi connectivity index (χ4v) is 3.73. The molecule has 1 aliphatic carbocycles. The number of carboxylic acids is 1. The SMILES string of the molecule is CCC1C[C@H](C(=O)N2CCCCC2C(N)=O)[C@H](C(=O)O)C1. The fraction of sp³-hybridized carbons (Fsp3) is 0.800. The first-order valence-electron chi connectivity index (χ1n) is 7.78. The second-order valence-corrected chi connectivity index (χ2v) is 6.24. The Morgan fingerprint density at radius 2 is 1.86 bits per heavy atom. The first-order chi connectivity index (χ1) is 9.95. The molecule has 0 spiro atoms. The van der Waals surface area contributed by atoms with E-state index in [-0.39, 0.29) is 11.8 Å². The Balaban J connectivity index is 2.16. The van der Waals surface area contributed by atoms with E-state index in [4.69, 9.17) is 5.73 Å². The maximum absolute atomic E-state index is 12.7. The lowest BCUT2D eigenvalue weighted by Gasteiger charge is -2.36. The summed E-state index contributed by atoms with van der Waals surface area (Å²) in [6.45, 7) is 2.52. The standard InChI is InChI=1S/C15H24N2O4/c1-2-9-7-10(11(8-9)15(20)21)14(19)17-6-4-3-5-12(17)13(16)18/h9-12H,2-8H2,1H3,(H2,16,18)(H,20,21)/t9?,10-,11+,12?/m0/s1. The smallest absolute Gasteiger partial charge is 0.307 e. The second kappa shape index (κ2) is 6.45. The van der Waals surface area contributed by atoms with Crippen molar-refractivity contribution in [3.05, 3.63) is 0 Å². The van der Waals surface area contributed by atoms with Crippen LogP contribution in [0.15, 0.2) is 0 Å². The van der Waals surface area contributed by atoms with Gasteiger partial charge >= 0.3 is 5.97 Å². The number of carbonyl (C=O) groups is 3. The highest BCUT2D eigenvalue weighted by molar-refractivity contribution is 5.90. The van der Waals surface area contributed by atoms with E-state index in [1.807, 2.05) is 6.92 Å². The maximum Gasteiger partial charge on any atom is 0.307 e. The number of carbonyl (C=O) groups excluding carboxylic acids is 2. The summed E-state index contributed by atoms with van der Waals surface area (Å²) in [5, 5.41) is 9.36. The number of carboxylic acid groups (broad SMARTS) is 1. The monoisotopic (exact) mass is 296 g/mol. The van der Waals surface area contributed by atoms with Crippen molar-refractivity contribution in [2.75, 3.05) is 6.54 Å². The van der Waals surface area contributed by atoms with Gasteiger partial charge in [-0.05, 0) is 38.0 Å². The zero-order chi connectivity index (χ0) is 15.6. The molecule has 2 fully saturated rings. The van der Waals surface area contributed by atoms with E-state index in [2.05, 4.69) is 0 Å². The summed E-state index contributed by atoms with van der Waals surface area (Å²) in [7, 11) is 0. The number of nitrogens with zero attached hydrogens (tertiary/aromatic N) is 1. The first-order valence-corrected chi connectivity index (χ1v) is 7.78. The molecule has 2 aliphatic rings. The lowest BCUT2D eigenvalue weighted by molar-refractivity contribution is -0.152. The molecule has 6 heteroatoms. The number of hydrogen-bond acceptors (Lipinski definition) is 3. The van der Waals surface area contributed by atoms with Crippen LogP contribution >= 0.6 is 0 Å². The molecule has 1 heterocycles. The van der Waals surface area contributed by atoms with E-state index < -0.39 is 29.8 Å². The topological polar surface area (TPSA) is 101 Å². The van der Waals surface area contributed by atoms with Crippen molar-refractivity contribution in [1.82, 2.24) is 4.90 Å². The Morgan fingerprint density at radius 3 is 2.43 bits per heavy atom. The summed E-state index contributed by atoms with van der Waals surface area (Å²) < 4.78 is 0. The lowest BCUT2D eigenvalue weighted by Crippen LogP contribution is -2.53. The Kier molecular flexibility index (Phi) is 4.85. The van der Waals surface area contributed by atoms with Gasteiger partial charge in [0.15, 0.2) is 0 Å². The Morgan fingerprint density at radius 1 is 1.19 bits per heavy atom. The van der Waals surface area contributed by atoms with E-state index >= 15 is 0 Å². The quantitative estimate of drug-likeness (QED) is 0.807. The summed E-state index contributed by atoms with van der Waals surface area (Å²) in [5.74, 6) is -2.44. The summed E-state index contributed by atoms with van der Waals surface area (Å²) >= 11 is 0. The molecule has 0 aromatic heterocycles. The predicted molar refractivity (Wildman–Crippen MR) is 76.2 cm³/mol. The minimum absolute atomic E-state index is 0.193. The molecule has 0 aromatic rings. The molecule has 4 atom stereocenters. The average Bonchev–Trinajstić information content (AvgIpc) is 2.91. The normalized spacial score (nSPS) is 32.9. The van der Waals surface area contributed by atoms with Crippen LogP contribution in [0.4, 0.5) is 0 Å². The molecule has 1 aliphatic heterocycles. The number of rotatable bonds is 4. The average molecular weight is 296 g/mol. The lowest BCUT2D eigenvalue weighted by atomic mass is 9.92. The van der Waals surface area contributed by atoms with E-state index in [0.29, 0.717) is 25.8 Å².